The molecule has 2 N–H and O–H groups in total. The van der Waals surface area contributed by atoms with Crippen LogP contribution in [0.2, 0.25) is 0 Å². The molecule has 0 bridgehead atoms. The number of fused-ring (bicyclic) bond motifs is 1. The number of likely N-dealkylation sites (tertiary alicyclic amines) is 1. The predicted octanol–water partition coefficient (Wildman–Crippen LogP) is 3.14. The Hall–Kier alpha value is -2.10. The van der Waals surface area contributed by atoms with Crippen LogP contribution in [0.1, 0.15) is 25.3 Å². The van der Waals surface area contributed by atoms with Gasteiger partial charge in [-0.1, -0.05) is 24.3 Å². The molecule has 1 saturated heterocycles. The fourth-order valence-corrected chi connectivity index (χ4v) is 3.30. The maximum Gasteiger partial charge on any atom is 0.409 e. The van der Waals surface area contributed by atoms with Gasteiger partial charge in [0, 0.05) is 44.3 Å². The predicted molar refractivity (Wildman–Crippen MR) is 122 cm³/mol. The lowest BCUT2D eigenvalue weighted by molar-refractivity contribution is 0.0963. The van der Waals surface area contributed by atoms with Crippen LogP contribution >= 0.6 is 24.0 Å². The van der Waals surface area contributed by atoms with Crippen molar-refractivity contribution >= 4 is 46.9 Å². The number of hydrogen-bond acceptors (Lipinski definition) is 4. The zero-order valence-corrected chi connectivity index (χ0v) is 18.7. The molecular formula is C20H28IN5O2. The van der Waals surface area contributed by atoms with Crippen LogP contribution in [0, 0.1) is 0 Å². The Labute approximate surface area is 183 Å². The molecular weight excluding hydrogens is 469 g/mol. The summed E-state index contributed by atoms with van der Waals surface area (Å²) in [6.45, 7) is 4.28. The Morgan fingerprint density at radius 3 is 2.75 bits per heavy atom. The summed E-state index contributed by atoms with van der Waals surface area (Å²) in [7, 11) is 1.77. The molecule has 2 heterocycles. The maximum absolute atomic E-state index is 11.8. The summed E-state index contributed by atoms with van der Waals surface area (Å²) in [4.78, 5) is 22.4. The molecule has 0 saturated carbocycles. The molecule has 1 amide bonds. The van der Waals surface area contributed by atoms with E-state index in [2.05, 4.69) is 38.8 Å². The number of nitrogens with zero attached hydrogens (tertiary/aromatic N) is 3. The van der Waals surface area contributed by atoms with Gasteiger partial charge in [-0.3, -0.25) is 9.98 Å². The van der Waals surface area contributed by atoms with Crippen molar-refractivity contribution in [2.75, 3.05) is 26.7 Å². The fourth-order valence-electron chi connectivity index (χ4n) is 3.30. The van der Waals surface area contributed by atoms with Crippen LogP contribution < -0.4 is 10.6 Å². The van der Waals surface area contributed by atoms with Gasteiger partial charge < -0.3 is 20.3 Å². The Kier molecular flexibility index (Phi) is 8.75. The minimum absolute atomic E-state index is 0. The first kappa shape index (κ1) is 22.2. The highest BCUT2D eigenvalue weighted by molar-refractivity contribution is 14.0. The molecule has 28 heavy (non-hydrogen) atoms. The van der Waals surface area contributed by atoms with Gasteiger partial charge in [-0.25, -0.2) is 4.79 Å². The molecule has 0 aliphatic carbocycles. The SMILES string of the molecule is CCOC(=O)N1CCC(NC(=NC)NCc2cccc3cccnc23)CC1.I. The Morgan fingerprint density at radius 2 is 2.04 bits per heavy atom. The third-order valence-corrected chi connectivity index (χ3v) is 4.75. The first-order chi connectivity index (χ1) is 13.2. The van der Waals surface area contributed by atoms with E-state index < -0.39 is 0 Å². The van der Waals surface area contributed by atoms with Crippen molar-refractivity contribution in [3.05, 3.63) is 42.1 Å². The van der Waals surface area contributed by atoms with Gasteiger partial charge in [-0.2, -0.15) is 0 Å². The highest BCUT2D eigenvalue weighted by atomic mass is 127. The normalized spacial score (nSPS) is 15.1. The molecule has 1 aliphatic rings. The van der Waals surface area contributed by atoms with E-state index in [1.807, 2.05) is 25.3 Å². The smallest absolute Gasteiger partial charge is 0.409 e. The fraction of sp³-hybridized carbons (Fsp3) is 0.450. The second kappa shape index (κ2) is 11.0. The quantitative estimate of drug-likeness (QED) is 0.386. The summed E-state index contributed by atoms with van der Waals surface area (Å²) in [5, 5.41) is 7.96. The monoisotopic (exact) mass is 497 g/mol. The second-order valence-electron chi connectivity index (χ2n) is 6.52. The number of aromatic nitrogens is 1. The number of aliphatic imine (C=N–C) groups is 1. The van der Waals surface area contributed by atoms with Crippen LogP contribution in [0.15, 0.2) is 41.5 Å². The summed E-state index contributed by atoms with van der Waals surface area (Å²) in [6.07, 6.45) is 3.34. The third kappa shape index (κ3) is 5.70. The zero-order valence-electron chi connectivity index (χ0n) is 16.4. The van der Waals surface area contributed by atoms with Crippen molar-refractivity contribution in [3.63, 3.8) is 0 Å². The molecule has 1 aromatic heterocycles. The highest BCUT2D eigenvalue weighted by Crippen LogP contribution is 2.16. The largest absolute Gasteiger partial charge is 0.450 e. The standard InChI is InChI=1S/C20H27N5O2.HI/c1-3-27-20(26)25-12-9-17(10-13-25)24-19(21-2)23-14-16-7-4-6-15-8-5-11-22-18(15)16;/h4-8,11,17H,3,9-10,12-14H2,1-2H3,(H2,21,23,24);1H. The average Bonchev–Trinajstić information content (AvgIpc) is 2.71. The summed E-state index contributed by atoms with van der Waals surface area (Å²) in [6, 6.07) is 10.5. The van der Waals surface area contributed by atoms with Gasteiger partial charge in [0.05, 0.1) is 12.1 Å². The lowest BCUT2D eigenvalue weighted by Gasteiger charge is -2.32. The van der Waals surface area contributed by atoms with Crippen molar-refractivity contribution in [2.24, 2.45) is 4.99 Å². The van der Waals surface area contributed by atoms with Crippen molar-refractivity contribution in [1.29, 1.82) is 0 Å². The van der Waals surface area contributed by atoms with Crippen molar-refractivity contribution in [3.8, 4) is 0 Å². The summed E-state index contributed by atoms with van der Waals surface area (Å²) in [5.74, 6) is 0.762. The van der Waals surface area contributed by atoms with Gasteiger partial charge in [-0.15, -0.1) is 24.0 Å². The molecule has 2 aromatic rings. The molecule has 7 nitrogen and oxygen atoms in total. The van der Waals surface area contributed by atoms with E-state index in [4.69, 9.17) is 4.74 Å². The molecule has 0 radical (unpaired) electrons. The number of carbonyl (C=O) groups is 1. The van der Waals surface area contributed by atoms with Gasteiger partial charge in [0.15, 0.2) is 5.96 Å². The van der Waals surface area contributed by atoms with Crippen molar-refractivity contribution < 1.29 is 9.53 Å². The van der Waals surface area contributed by atoms with E-state index in [0.29, 0.717) is 26.2 Å². The van der Waals surface area contributed by atoms with Gasteiger partial charge in [0.2, 0.25) is 0 Å². The number of guanidine groups is 1. The summed E-state index contributed by atoms with van der Waals surface area (Å²) < 4.78 is 5.07. The second-order valence-corrected chi connectivity index (χ2v) is 6.52. The van der Waals surface area contributed by atoms with Gasteiger partial charge in [0.25, 0.3) is 0 Å². The van der Waals surface area contributed by atoms with E-state index in [-0.39, 0.29) is 36.1 Å². The molecule has 8 heteroatoms. The van der Waals surface area contributed by atoms with Crippen molar-refractivity contribution in [1.82, 2.24) is 20.5 Å². The summed E-state index contributed by atoms with van der Waals surface area (Å²) >= 11 is 0. The van der Waals surface area contributed by atoms with E-state index in [9.17, 15) is 4.79 Å². The van der Waals surface area contributed by atoms with E-state index in [0.717, 1.165) is 35.3 Å². The van der Waals surface area contributed by atoms with E-state index >= 15 is 0 Å². The number of amides is 1. The third-order valence-electron chi connectivity index (χ3n) is 4.75. The maximum atomic E-state index is 11.8. The zero-order chi connectivity index (χ0) is 19.1. The lowest BCUT2D eigenvalue weighted by atomic mass is 10.1. The van der Waals surface area contributed by atoms with Crippen molar-refractivity contribution in [2.45, 2.75) is 32.4 Å². The molecule has 1 aliphatic heterocycles. The molecule has 152 valence electrons. The first-order valence-electron chi connectivity index (χ1n) is 9.42. The number of carbonyl (C=O) groups excluding carboxylic acids is 1. The number of piperidine rings is 1. The number of benzene rings is 1. The minimum atomic E-state index is -0.220. The summed E-state index contributed by atoms with van der Waals surface area (Å²) in [5.41, 5.74) is 2.14. The average molecular weight is 497 g/mol. The number of halogens is 1. The van der Waals surface area contributed by atoms with Crippen LogP contribution in [0.3, 0.4) is 0 Å². The van der Waals surface area contributed by atoms with Crippen LogP contribution in [-0.2, 0) is 11.3 Å². The van der Waals surface area contributed by atoms with Gasteiger partial charge >= 0.3 is 6.09 Å². The van der Waals surface area contributed by atoms with E-state index in [1.165, 1.54) is 0 Å². The van der Waals surface area contributed by atoms with Gasteiger partial charge in [0.1, 0.15) is 0 Å². The topological polar surface area (TPSA) is 78.8 Å². The van der Waals surface area contributed by atoms with Crippen LogP contribution in [0.4, 0.5) is 4.79 Å². The molecule has 1 aromatic carbocycles. The number of para-hydroxylation sites is 1. The number of ether oxygens (including phenoxy) is 1. The van der Waals surface area contributed by atoms with Crippen LogP contribution in [-0.4, -0.2) is 54.7 Å². The first-order valence-corrected chi connectivity index (χ1v) is 9.42. The molecule has 1 fully saturated rings. The molecule has 0 spiro atoms. The number of nitrogens with one attached hydrogen (secondary N) is 2. The highest BCUT2D eigenvalue weighted by Gasteiger charge is 2.24. The van der Waals surface area contributed by atoms with Crippen LogP contribution in [0.25, 0.3) is 10.9 Å². The Morgan fingerprint density at radius 1 is 1.29 bits per heavy atom. The lowest BCUT2D eigenvalue weighted by Crippen LogP contribution is -2.49. The molecule has 0 atom stereocenters. The van der Waals surface area contributed by atoms with E-state index in [1.54, 1.807) is 11.9 Å². The van der Waals surface area contributed by atoms with Crippen LogP contribution in [0.5, 0.6) is 0 Å². The minimum Gasteiger partial charge on any atom is -0.450 e. The Bertz CT molecular complexity index is 801. The number of hydrogen-bond donors (Lipinski definition) is 2. The van der Waals surface area contributed by atoms with Gasteiger partial charge in [-0.05, 0) is 31.4 Å². The Balaban J connectivity index is 0.00000280. The number of rotatable bonds is 4. The molecule has 0 unspecified atom stereocenters. The number of pyridine rings is 1. The molecule has 3 rings (SSSR count).